The number of sulfone groups is 1. The van der Waals surface area contributed by atoms with E-state index in [1.54, 1.807) is 6.20 Å². The molecule has 0 saturated heterocycles. The van der Waals surface area contributed by atoms with Crippen LogP contribution in [0.1, 0.15) is 24.6 Å². The third-order valence-corrected chi connectivity index (χ3v) is 3.43. The molecular formula is C10H15N3O2S. The lowest BCUT2D eigenvalue weighted by atomic mass is 10.3. The summed E-state index contributed by atoms with van der Waals surface area (Å²) in [6.45, 7) is 4.68. The van der Waals surface area contributed by atoms with E-state index in [9.17, 15) is 8.42 Å². The molecule has 88 valence electrons. The van der Waals surface area contributed by atoms with Crippen LogP contribution in [0.4, 0.5) is 0 Å². The molecule has 0 spiro atoms. The molecule has 5 nitrogen and oxygen atoms in total. The zero-order chi connectivity index (χ0) is 11.8. The highest BCUT2D eigenvalue weighted by atomic mass is 32.2. The first-order chi connectivity index (χ1) is 7.50. The first-order valence-corrected chi connectivity index (χ1v) is 7.17. The van der Waals surface area contributed by atoms with Crippen LogP contribution in [-0.2, 0) is 22.9 Å². The van der Waals surface area contributed by atoms with E-state index in [0.717, 1.165) is 43.6 Å². The normalized spacial score (nSPS) is 16.4. The van der Waals surface area contributed by atoms with Crippen LogP contribution in [-0.4, -0.2) is 36.1 Å². The van der Waals surface area contributed by atoms with Crippen molar-refractivity contribution in [2.24, 2.45) is 0 Å². The Kier molecular flexibility index (Phi) is 2.94. The molecule has 0 radical (unpaired) electrons. The summed E-state index contributed by atoms with van der Waals surface area (Å²) in [5, 5.41) is -0.0652. The van der Waals surface area contributed by atoms with Gasteiger partial charge in [0.2, 0.25) is 15.0 Å². The van der Waals surface area contributed by atoms with Crippen LogP contribution < -0.4 is 0 Å². The fourth-order valence-corrected chi connectivity index (χ4v) is 2.37. The maximum absolute atomic E-state index is 11.3. The van der Waals surface area contributed by atoms with Crippen LogP contribution in [0.5, 0.6) is 0 Å². The quantitative estimate of drug-likeness (QED) is 0.725. The maximum Gasteiger partial charge on any atom is 0.247 e. The van der Waals surface area contributed by atoms with Gasteiger partial charge < -0.3 is 0 Å². The predicted octanol–water partition coefficient (Wildman–Crippen LogP) is 0.606. The third-order valence-electron chi connectivity index (χ3n) is 2.57. The summed E-state index contributed by atoms with van der Waals surface area (Å²) in [5.41, 5.74) is 1.89. The monoisotopic (exact) mass is 241 g/mol. The summed E-state index contributed by atoms with van der Waals surface area (Å²) in [6.07, 6.45) is 3.85. The van der Waals surface area contributed by atoms with Crippen molar-refractivity contribution in [3.8, 4) is 0 Å². The Morgan fingerprint density at radius 1 is 1.44 bits per heavy atom. The van der Waals surface area contributed by atoms with Crippen molar-refractivity contribution in [3.63, 3.8) is 0 Å². The van der Waals surface area contributed by atoms with Gasteiger partial charge in [0.15, 0.2) is 0 Å². The van der Waals surface area contributed by atoms with Gasteiger partial charge >= 0.3 is 0 Å². The zero-order valence-corrected chi connectivity index (χ0v) is 10.3. The molecule has 0 saturated carbocycles. The number of hydrogen-bond acceptors (Lipinski definition) is 5. The van der Waals surface area contributed by atoms with Gasteiger partial charge in [0.25, 0.3) is 0 Å². The first-order valence-electron chi connectivity index (χ1n) is 5.28. The van der Waals surface area contributed by atoms with Crippen molar-refractivity contribution < 1.29 is 8.42 Å². The smallest absolute Gasteiger partial charge is 0.247 e. The fourth-order valence-electron chi connectivity index (χ4n) is 1.85. The van der Waals surface area contributed by atoms with Crippen molar-refractivity contribution in [2.75, 3.05) is 12.8 Å². The molecule has 0 aliphatic carbocycles. The van der Waals surface area contributed by atoms with E-state index >= 15 is 0 Å². The van der Waals surface area contributed by atoms with Crippen LogP contribution in [0, 0.1) is 0 Å². The van der Waals surface area contributed by atoms with Gasteiger partial charge in [-0.15, -0.1) is 0 Å². The Labute approximate surface area is 95.4 Å². The van der Waals surface area contributed by atoms with Gasteiger partial charge in [0.1, 0.15) is 0 Å². The third kappa shape index (κ3) is 2.22. The summed E-state index contributed by atoms with van der Waals surface area (Å²) >= 11 is 0. The molecule has 0 aromatic carbocycles. The van der Waals surface area contributed by atoms with Gasteiger partial charge in [-0.3, -0.25) is 4.90 Å². The molecule has 1 aliphatic heterocycles. The molecule has 6 heteroatoms. The highest BCUT2D eigenvalue weighted by Gasteiger charge is 2.22. The van der Waals surface area contributed by atoms with Gasteiger partial charge in [-0.05, 0) is 13.0 Å². The predicted molar refractivity (Wildman–Crippen MR) is 59.5 cm³/mol. The van der Waals surface area contributed by atoms with Crippen molar-refractivity contribution in [2.45, 2.75) is 31.6 Å². The van der Waals surface area contributed by atoms with Crippen molar-refractivity contribution >= 4 is 9.84 Å². The van der Waals surface area contributed by atoms with Gasteiger partial charge in [0.05, 0.1) is 5.69 Å². The molecule has 16 heavy (non-hydrogen) atoms. The molecule has 0 unspecified atom stereocenters. The van der Waals surface area contributed by atoms with E-state index in [-0.39, 0.29) is 5.16 Å². The zero-order valence-electron chi connectivity index (χ0n) is 9.47. The van der Waals surface area contributed by atoms with Gasteiger partial charge in [-0.25, -0.2) is 18.4 Å². The highest BCUT2D eigenvalue weighted by molar-refractivity contribution is 7.90. The molecule has 2 rings (SSSR count). The van der Waals surface area contributed by atoms with Crippen molar-refractivity contribution in [1.82, 2.24) is 14.9 Å². The minimum Gasteiger partial charge on any atom is -0.293 e. The summed E-state index contributed by atoms with van der Waals surface area (Å²) < 4.78 is 22.6. The van der Waals surface area contributed by atoms with Crippen LogP contribution in [0.2, 0.25) is 0 Å². The van der Waals surface area contributed by atoms with Crippen LogP contribution in [0.3, 0.4) is 0 Å². The van der Waals surface area contributed by atoms with E-state index in [2.05, 4.69) is 21.8 Å². The van der Waals surface area contributed by atoms with Crippen molar-refractivity contribution in [3.05, 3.63) is 17.5 Å². The summed E-state index contributed by atoms with van der Waals surface area (Å²) in [6, 6.07) is 0. The van der Waals surface area contributed by atoms with E-state index in [4.69, 9.17) is 0 Å². The van der Waals surface area contributed by atoms with Crippen molar-refractivity contribution in [1.29, 1.82) is 0 Å². The summed E-state index contributed by atoms with van der Waals surface area (Å²) in [5.74, 6) is 0. The summed E-state index contributed by atoms with van der Waals surface area (Å²) in [4.78, 5) is 10.2. The molecule has 0 amide bonds. The molecular weight excluding hydrogens is 226 g/mol. The van der Waals surface area contributed by atoms with E-state index in [1.165, 1.54) is 0 Å². The molecule has 1 aliphatic rings. The van der Waals surface area contributed by atoms with E-state index in [1.807, 2.05) is 0 Å². The molecule has 0 bridgehead atoms. The second kappa shape index (κ2) is 4.10. The SMILES string of the molecule is CCCN1Cc2cnc(S(C)(=O)=O)nc2C1. The Hall–Kier alpha value is -1.01. The minimum absolute atomic E-state index is 0.0652. The summed E-state index contributed by atoms with van der Waals surface area (Å²) in [7, 11) is -3.29. The number of nitrogens with zero attached hydrogens (tertiary/aromatic N) is 3. The topological polar surface area (TPSA) is 63.2 Å². The molecule has 0 N–H and O–H groups in total. The Balaban J connectivity index is 2.28. The number of fused-ring (bicyclic) bond motifs is 1. The minimum atomic E-state index is -3.29. The molecule has 2 heterocycles. The Morgan fingerprint density at radius 3 is 2.81 bits per heavy atom. The fraction of sp³-hybridized carbons (Fsp3) is 0.600. The average molecular weight is 241 g/mol. The standard InChI is InChI=1S/C10H15N3O2S/c1-3-4-13-6-8-5-11-10(16(2,14)15)12-9(8)7-13/h5H,3-4,6-7H2,1-2H3. The van der Waals surface area contributed by atoms with E-state index in [0.29, 0.717) is 0 Å². The van der Waals surface area contributed by atoms with Crippen LogP contribution in [0.15, 0.2) is 11.4 Å². The lowest BCUT2D eigenvalue weighted by Crippen LogP contribution is -2.16. The number of rotatable bonds is 3. The van der Waals surface area contributed by atoms with Crippen LogP contribution >= 0.6 is 0 Å². The molecule has 0 atom stereocenters. The number of hydrogen-bond donors (Lipinski definition) is 0. The van der Waals surface area contributed by atoms with Crippen LogP contribution in [0.25, 0.3) is 0 Å². The van der Waals surface area contributed by atoms with Gasteiger partial charge in [-0.2, -0.15) is 0 Å². The molecule has 1 aromatic heterocycles. The first kappa shape index (κ1) is 11.5. The van der Waals surface area contributed by atoms with Gasteiger partial charge in [0, 0.05) is 31.1 Å². The van der Waals surface area contributed by atoms with Gasteiger partial charge in [-0.1, -0.05) is 6.92 Å². The lowest BCUT2D eigenvalue weighted by molar-refractivity contribution is 0.283. The molecule has 0 fully saturated rings. The molecule has 1 aromatic rings. The Bertz CT molecular complexity index is 499. The highest BCUT2D eigenvalue weighted by Crippen LogP contribution is 2.20. The second-order valence-electron chi connectivity index (χ2n) is 4.11. The number of aromatic nitrogens is 2. The van der Waals surface area contributed by atoms with E-state index < -0.39 is 9.84 Å². The largest absolute Gasteiger partial charge is 0.293 e. The average Bonchev–Trinajstić information content (AvgIpc) is 2.57. The maximum atomic E-state index is 11.3. The Morgan fingerprint density at radius 2 is 2.19 bits per heavy atom. The second-order valence-corrected chi connectivity index (χ2v) is 6.02. The lowest BCUT2D eigenvalue weighted by Gasteiger charge is -2.11.